The van der Waals surface area contributed by atoms with Gasteiger partial charge < -0.3 is 19.7 Å². The van der Waals surface area contributed by atoms with Crippen molar-refractivity contribution in [3.63, 3.8) is 0 Å². The maximum atomic E-state index is 12.7. The summed E-state index contributed by atoms with van der Waals surface area (Å²) in [6.45, 7) is 8.15. The summed E-state index contributed by atoms with van der Waals surface area (Å²) in [6, 6.07) is 9.29. The summed E-state index contributed by atoms with van der Waals surface area (Å²) in [5, 5.41) is 2.69. The predicted molar refractivity (Wildman–Crippen MR) is 97.5 cm³/mol. The minimum Gasteiger partial charge on any atom is -0.464 e. The number of ether oxygens (including phenoxy) is 2. The van der Waals surface area contributed by atoms with Crippen LogP contribution >= 0.6 is 0 Å². The molecule has 25 heavy (non-hydrogen) atoms. The summed E-state index contributed by atoms with van der Waals surface area (Å²) in [4.78, 5) is 26.6. The number of nitrogens with zero attached hydrogens (tertiary/aromatic N) is 1. The number of benzene rings is 1. The zero-order chi connectivity index (χ0) is 19.1. The minimum atomic E-state index is -0.996. The van der Waals surface area contributed by atoms with Crippen LogP contribution in [-0.2, 0) is 19.7 Å². The van der Waals surface area contributed by atoms with Crippen molar-refractivity contribution in [1.82, 2.24) is 10.2 Å². The molecule has 0 bridgehead atoms. The van der Waals surface area contributed by atoms with Crippen molar-refractivity contribution >= 4 is 12.1 Å². The van der Waals surface area contributed by atoms with Crippen LogP contribution in [0.1, 0.15) is 33.3 Å². The maximum absolute atomic E-state index is 12.7. The van der Waals surface area contributed by atoms with E-state index in [0.29, 0.717) is 13.2 Å². The molecule has 0 aliphatic carbocycles. The molecule has 1 amide bonds. The van der Waals surface area contributed by atoms with Crippen LogP contribution in [0.4, 0.5) is 4.79 Å². The van der Waals surface area contributed by atoms with Crippen LogP contribution in [0.3, 0.4) is 0 Å². The Labute approximate surface area is 150 Å². The Balaban J connectivity index is 2.85. The van der Waals surface area contributed by atoms with Crippen molar-refractivity contribution in [2.24, 2.45) is 0 Å². The molecule has 1 aromatic carbocycles. The first kappa shape index (κ1) is 21.0. The summed E-state index contributed by atoms with van der Waals surface area (Å²) >= 11 is 0. The predicted octanol–water partition coefficient (Wildman–Crippen LogP) is 2.57. The van der Waals surface area contributed by atoms with E-state index in [1.54, 1.807) is 27.7 Å². The van der Waals surface area contributed by atoms with Gasteiger partial charge >= 0.3 is 12.1 Å². The van der Waals surface area contributed by atoms with Gasteiger partial charge in [-0.2, -0.15) is 0 Å². The van der Waals surface area contributed by atoms with Crippen LogP contribution in [0.2, 0.25) is 0 Å². The number of alkyl carbamates (subject to hydrolysis) is 1. The molecule has 0 heterocycles. The van der Waals surface area contributed by atoms with Crippen LogP contribution in [0.5, 0.6) is 0 Å². The first-order valence-corrected chi connectivity index (χ1v) is 8.39. The van der Waals surface area contributed by atoms with Crippen LogP contribution in [0.25, 0.3) is 0 Å². The fourth-order valence-electron chi connectivity index (χ4n) is 2.14. The van der Waals surface area contributed by atoms with Crippen LogP contribution in [0.15, 0.2) is 30.3 Å². The number of hydrogen-bond acceptors (Lipinski definition) is 5. The SMILES string of the molecule is CN(C)CCOC(=O)C(C)(CNC(=O)OC(C)(C)C)c1ccccc1. The third-order valence-electron chi connectivity index (χ3n) is 3.62. The number of hydrogen-bond donors (Lipinski definition) is 1. The summed E-state index contributed by atoms with van der Waals surface area (Å²) in [5.74, 6) is -0.378. The Hall–Kier alpha value is -2.08. The second kappa shape index (κ2) is 8.85. The highest BCUT2D eigenvalue weighted by Crippen LogP contribution is 2.25. The van der Waals surface area contributed by atoms with Gasteiger partial charge in [-0.15, -0.1) is 0 Å². The molecule has 1 unspecified atom stereocenters. The smallest absolute Gasteiger partial charge is 0.407 e. The van der Waals surface area contributed by atoms with Crippen molar-refractivity contribution in [1.29, 1.82) is 0 Å². The zero-order valence-electron chi connectivity index (χ0n) is 16.1. The molecule has 6 heteroatoms. The lowest BCUT2D eigenvalue weighted by Gasteiger charge is -2.29. The van der Waals surface area contributed by atoms with E-state index in [1.807, 2.05) is 49.3 Å². The summed E-state index contributed by atoms with van der Waals surface area (Å²) in [6.07, 6.45) is -0.559. The molecule has 1 N–H and O–H groups in total. The van der Waals surface area contributed by atoms with Gasteiger partial charge in [0.25, 0.3) is 0 Å². The van der Waals surface area contributed by atoms with Gasteiger partial charge in [-0.1, -0.05) is 30.3 Å². The molecule has 1 atom stereocenters. The zero-order valence-corrected chi connectivity index (χ0v) is 16.1. The first-order chi connectivity index (χ1) is 11.5. The second-order valence-corrected chi connectivity index (χ2v) is 7.49. The van der Waals surface area contributed by atoms with Gasteiger partial charge in [0.05, 0.1) is 0 Å². The Morgan fingerprint density at radius 1 is 1.08 bits per heavy atom. The standard InChI is InChI=1S/C19H30N2O4/c1-18(2,3)25-17(23)20-14-19(4,15-10-8-7-9-11-15)16(22)24-13-12-21(5)6/h7-11H,12-14H2,1-6H3,(H,20,23). The summed E-state index contributed by atoms with van der Waals surface area (Å²) < 4.78 is 10.7. The third kappa shape index (κ3) is 7.13. The van der Waals surface area contributed by atoms with Crippen molar-refractivity contribution in [2.75, 3.05) is 33.8 Å². The number of amides is 1. The fourth-order valence-corrected chi connectivity index (χ4v) is 2.14. The molecular weight excluding hydrogens is 320 g/mol. The van der Waals surface area contributed by atoms with Gasteiger partial charge in [-0.05, 0) is 47.4 Å². The Morgan fingerprint density at radius 2 is 1.68 bits per heavy atom. The fraction of sp³-hybridized carbons (Fsp3) is 0.579. The topological polar surface area (TPSA) is 67.9 Å². The van der Waals surface area contributed by atoms with Gasteiger partial charge in [0.1, 0.15) is 17.6 Å². The lowest BCUT2D eigenvalue weighted by Crippen LogP contribution is -2.47. The number of nitrogens with one attached hydrogen (secondary N) is 1. The van der Waals surface area contributed by atoms with E-state index < -0.39 is 17.1 Å². The molecule has 0 fully saturated rings. The molecule has 0 saturated carbocycles. The highest BCUT2D eigenvalue weighted by Gasteiger charge is 2.37. The van der Waals surface area contributed by atoms with E-state index in [1.165, 1.54) is 0 Å². The number of carbonyl (C=O) groups is 2. The van der Waals surface area contributed by atoms with E-state index in [-0.39, 0.29) is 12.5 Å². The molecule has 0 aliphatic rings. The lowest BCUT2D eigenvalue weighted by molar-refractivity contribution is -0.150. The monoisotopic (exact) mass is 350 g/mol. The Morgan fingerprint density at radius 3 is 2.20 bits per heavy atom. The highest BCUT2D eigenvalue weighted by atomic mass is 16.6. The van der Waals surface area contributed by atoms with Crippen molar-refractivity contribution in [3.05, 3.63) is 35.9 Å². The number of likely N-dealkylation sites (N-methyl/N-ethyl adjacent to an activating group) is 1. The average molecular weight is 350 g/mol. The molecule has 0 radical (unpaired) electrons. The average Bonchev–Trinajstić information content (AvgIpc) is 2.51. The van der Waals surface area contributed by atoms with Crippen molar-refractivity contribution in [2.45, 2.75) is 38.7 Å². The molecule has 1 aromatic rings. The highest BCUT2D eigenvalue weighted by molar-refractivity contribution is 5.84. The van der Waals surface area contributed by atoms with E-state index in [9.17, 15) is 9.59 Å². The second-order valence-electron chi connectivity index (χ2n) is 7.49. The normalized spacial score (nSPS) is 13.9. The van der Waals surface area contributed by atoms with Gasteiger partial charge in [-0.3, -0.25) is 4.79 Å². The Bertz CT molecular complexity index is 567. The van der Waals surface area contributed by atoms with Crippen LogP contribution in [0, 0.1) is 0 Å². The molecule has 0 aromatic heterocycles. The lowest BCUT2D eigenvalue weighted by atomic mass is 9.82. The van der Waals surface area contributed by atoms with E-state index in [4.69, 9.17) is 9.47 Å². The van der Waals surface area contributed by atoms with Crippen LogP contribution < -0.4 is 5.32 Å². The molecule has 0 aliphatic heterocycles. The number of rotatable bonds is 7. The molecule has 1 rings (SSSR count). The van der Waals surface area contributed by atoms with Crippen LogP contribution in [-0.4, -0.2) is 56.4 Å². The van der Waals surface area contributed by atoms with Crippen molar-refractivity contribution < 1.29 is 19.1 Å². The largest absolute Gasteiger partial charge is 0.464 e. The van der Waals surface area contributed by atoms with Gasteiger partial charge in [0, 0.05) is 13.1 Å². The van der Waals surface area contributed by atoms with E-state index in [0.717, 1.165) is 5.56 Å². The number of carbonyl (C=O) groups excluding carboxylic acids is 2. The number of esters is 1. The van der Waals surface area contributed by atoms with Gasteiger partial charge in [0.2, 0.25) is 0 Å². The first-order valence-electron chi connectivity index (χ1n) is 8.39. The quantitative estimate of drug-likeness (QED) is 0.766. The molecule has 0 saturated heterocycles. The Kier molecular flexibility index (Phi) is 7.42. The summed E-state index contributed by atoms with van der Waals surface area (Å²) in [5.41, 5.74) is -0.815. The minimum absolute atomic E-state index is 0.0900. The molecule has 140 valence electrons. The van der Waals surface area contributed by atoms with E-state index in [2.05, 4.69) is 5.32 Å². The third-order valence-corrected chi connectivity index (χ3v) is 3.62. The summed E-state index contributed by atoms with van der Waals surface area (Å²) in [7, 11) is 3.82. The molecule has 0 spiro atoms. The molecular formula is C19H30N2O4. The van der Waals surface area contributed by atoms with Gasteiger partial charge in [-0.25, -0.2) is 4.79 Å². The van der Waals surface area contributed by atoms with Gasteiger partial charge in [0.15, 0.2) is 0 Å². The van der Waals surface area contributed by atoms with E-state index >= 15 is 0 Å². The van der Waals surface area contributed by atoms with Crippen molar-refractivity contribution in [3.8, 4) is 0 Å². The maximum Gasteiger partial charge on any atom is 0.407 e. The molecule has 6 nitrogen and oxygen atoms in total.